The van der Waals surface area contributed by atoms with Gasteiger partial charge in [0.05, 0.1) is 12.2 Å². The number of hydrogen-bond donors (Lipinski definition) is 2. The lowest BCUT2D eigenvalue weighted by atomic mass is 10.0. The Morgan fingerprint density at radius 2 is 1.67 bits per heavy atom. The van der Waals surface area contributed by atoms with Crippen LogP contribution in [0.4, 0.5) is 5.69 Å². The molecule has 2 N–H and O–H groups in total. The van der Waals surface area contributed by atoms with Crippen molar-refractivity contribution in [2.24, 2.45) is 0 Å². The molecule has 0 aromatic heterocycles. The molecule has 2 aromatic rings. The van der Waals surface area contributed by atoms with Gasteiger partial charge in [-0.1, -0.05) is 41.9 Å². The van der Waals surface area contributed by atoms with E-state index in [1.54, 1.807) is 42.5 Å². The highest BCUT2D eigenvalue weighted by molar-refractivity contribution is 6.31. The van der Waals surface area contributed by atoms with Gasteiger partial charge in [-0.2, -0.15) is 0 Å². The van der Waals surface area contributed by atoms with Gasteiger partial charge >= 0.3 is 0 Å². The Kier molecular flexibility index (Phi) is 6.35. The number of carbonyl (C=O) groups excluding carboxylic acids is 3. The van der Waals surface area contributed by atoms with Gasteiger partial charge in [-0.05, 0) is 18.2 Å². The maximum absolute atomic E-state index is 12.6. The minimum absolute atomic E-state index is 0.230. The summed E-state index contributed by atoms with van der Waals surface area (Å²) in [5.41, 5.74) is 1.06. The number of halogens is 2. The second-order valence-electron chi connectivity index (χ2n) is 4.84. The van der Waals surface area contributed by atoms with Crippen LogP contribution < -0.4 is 10.6 Å². The van der Waals surface area contributed by atoms with Crippen molar-refractivity contribution >= 4 is 46.5 Å². The molecule has 0 aliphatic carbocycles. The van der Waals surface area contributed by atoms with Crippen LogP contribution in [0.15, 0.2) is 48.5 Å². The zero-order valence-corrected chi connectivity index (χ0v) is 14.0. The zero-order valence-electron chi connectivity index (χ0n) is 12.5. The predicted molar refractivity (Wildman–Crippen MR) is 93.7 cm³/mol. The highest BCUT2D eigenvalue weighted by Crippen LogP contribution is 2.23. The summed E-state index contributed by atoms with van der Waals surface area (Å²) in [7, 11) is 0. The molecule has 7 heteroatoms. The Morgan fingerprint density at radius 3 is 2.33 bits per heavy atom. The van der Waals surface area contributed by atoms with Gasteiger partial charge in [-0.15, -0.1) is 11.6 Å². The number of carbonyl (C=O) groups is 3. The molecule has 0 aliphatic heterocycles. The van der Waals surface area contributed by atoms with Gasteiger partial charge in [0, 0.05) is 16.1 Å². The van der Waals surface area contributed by atoms with Crippen molar-refractivity contribution in [3.63, 3.8) is 0 Å². The van der Waals surface area contributed by atoms with E-state index in [4.69, 9.17) is 23.2 Å². The Balaban J connectivity index is 2.20. The summed E-state index contributed by atoms with van der Waals surface area (Å²) in [6.45, 7) is -0.243. The van der Waals surface area contributed by atoms with E-state index in [1.807, 2.05) is 0 Å². The first-order chi connectivity index (χ1) is 11.5. The molecular formula is C17H14Cl2N2O3. The van der Waals surface area contributed by atoms with Crippen molar-refractivity contribution in [2.75, 3.05) is 17.7 Å². The number of rotatable bonds is 6. The van der Waals surface area contributed by atoms with Crippen LogP contribution in [0.5, 0.6) is 0 Å². The lowest BCUT2D eigenvalue weighted by Gasteiger charge is -2.11. The molecule has 0 aliphatic rings. The fraction of sp³-hybridized carbons (Fsp3) is 0.118. The first-order valence-corrected chi connectivity index (χ1v) is 7.94. The Morgan fingerprint density at radius 1 is 0.958 bits per heavy atom. The third-order valence-electron chi connectivity index (χ3n) is 3.10. The molecule has 0 spiro atoms. The van der Waals surface area contributed by atoms with Crippen LogP contribution in [0.2, 0.25) is 5.02 Å². The molecule has 5 nitrogen and oxygen atoms in total. The minimum atomic E-state index is -0.474. The summed E-state index contributed by atoms with van der Waals surface area (Å²) < 4.78 is 0. The molecule has 2 amide bonds. The van der Waals surface area contributed by atoms with Crippen molar-refractivity contribution in [1.29, 1.82) is 0 Å². The first-order valence-electron chi connectivity index (χ1n) is 7.03. The molecule has 0 fully saturated rings. The summed E-state index contributed by atoms with van der Waals surface area (Å²) in [5, 5.41) is 5.32. The van der Waals surface area contributed by atoms with Crippen molar-refractivity contribution in [2.45, 2.75) is 0 Å². The van der Waals surface area contributed by atoms with E-state index in [-0.39, 0.29) is 23.8 Å². The number of ketones is 1. The number of anilines is 1. The number of benzene rings is 2. The highest BCUT2D eigenvalue weighted by atomic mass is 35.5. The van der Waals surface area contributed by atoms with Gasteiger partial charge in [0.2, 0.25) is 11.8 Å². The molecular weight excluding hydrogens is 351 g/mol. The molecule has 0 heterocycles. The van der Waals surface area contributed by atoms with E-state index in [9.17, 15) is 14.4 Å². The average Bonchev–Trinajstić information content (AvgIpc) is 2.61. The van der Waals surface area contributed by atoms with Crippen LogP contribution in [0, 0.1) is 0 Å². The first kappa shape index (κ1) is 18.0. The van der Waals surface area contributed by atoms with Gasteiger partial charge in [0.1, 0.15) is 5.88 Å². The maximum Gasteiger partial charge on any atom is 0.243 e. The van der Waals surface area contributed by atoms with Crippen LogP contribution >= 0.6 is 23.2 Å². The molecule has 124 valence electrons. The molecule has 0 saturated heterocycles. The lowest BCUT2D eigenvalue weighted by Crippen LogP contribution is -2.33. The van der Waals surface area contributed by atoms with Crippen molar-refractivity contribution < 1.29 is 14.4 Å². The zero-order chi connectivity index (χ0) is 17.5. The van der Waals surface area contributed by atoms with E-state index in [1.165, 1.54) is 6.07 Å². The monoisotopic (exact) mass is 364 g/mol. The molecule has 0 saturated carbocycles. The quantitative estimate of drug-likeness (QED) is 0.611. The number of nitrogens with one attached hydrogen (secondary N) is 2. The Bertz CT molecular complexity index is 764. The maximum atomic E-state index is 12.6. The number of amides is 2. The Labute approximate surface area is 149 Å². The Hall–Kier alpha value is -2.37. The van der Waals surface area contributed by atoms with E-state index in [0.29, 0.717) is 16.3 Å². The average molecular weight is 365 g/mol. The van der Waals surface area contributed by atoms with E-state index in [0.717, 1.165) is 0 Å². The van der Waals surface area contributed by atoms with Crippen LogP contribution in [0.3, 0.4) is 0 Å². The topological polar surface area (TPSA) is 75.3 Å². The molecule has 0 atom stereocenters. The largest absolute Gasteiger partial charge is 0.346 e. The highest BCUT2D eigenvalue weighted by Gasteiger charge is 2.16. The molecule has 24 heavy (non-hydrogen) atoms. The van der Waals surface area contributed by atoms with E-state index in [2.05, 4.69) is 10.6 Å². The van der Waals surface area contributed by atoms with Crippen molar-refractivity contribution in [1.82, 2.24) is 5.32 Å². The predicted octanol–water partition coefficient (Wildman–Crippen LogP) is 2.86. The van der Waals surface area contributed by atoms with Gasteiger partial charge in [-0.3, -0.25) is 14.4 Å². The smallest absolute Gasteiger partial charge is 0.243 e. The van der Waals surface area contributed by atoms with Crippen LogP contribution in [-0.2, 0) is 9.59 Å². The van der Waals surface area contributed by atoms with Crippen molar-refractivity contribution in [3.05, 3.63) is 64.7 Å². The second-order valence-corrected chi connectivity index (χ2v) is 5.55. The molecule has 2 rings (SSSR count). The summed E-state index contributed by atoms with van der Waals surface area (Å²) in [6.07, 6.45) is 0. The lowest BCUT2D eigenvalue weighted by molar-refractivity contribution is -0.122. The SMILES string of the molecule is O=C(CCl)NCC(=O)Nc1ccc(Cl)cc1C(=O)c1ccccc1. The third-order valence-corrected chi connectivity index (χ3v) is 3.58. The third kappa shape index (κ3) is 4.81. The minimum Gasteiger partial charge on any atom is -0.346 e. The molecule has 0 bridgehead atoms. The van der Waals surface area contributed by atoms with Crippen LogP contribution in [0.25, 0.3) is 0 Å². The standard InChI is InChI=1S/C17H14Cl2N2O3/c18-9-15(22)20-10-16(23)21-14-7-6-12(19)8-13(14)17(24)11-4-2-1-3-5-11/h1-8H,9-10H2,(H,20,22)(H,21,23). The molecule has 0 radical (unpaired) electrons. The number of hydrogen-bond acceptors (Lipinski definition) is 3. The van der Waals surface area contributed by atoms with Gasteiger partial charge in [0.25, 0.3) is 0 Å². The normalized spacial score (nSPS) is 10.1. The summed E-state index contributed by atoms with van der Waals surface area (Å²) in [6, 6.07) is 13.2. The van der Waals surface area contributed by atoms with Gasteiger partial charge in [0.15, 0.2) is 5.78 Å². The van der Waals surface area contributed by atoms with Crippen LogP contribution in [0.1, 0.15) is 15.9 Å². The van der Waals surface area contributed by atoms with Crippen LogP contribution in [-0.4, -0.2) is 30.0 Å². The summed E-state index contributed by atoms with van der Waals surface area (Å²) in [5.74, 6) is -1.43. The van der Waals surface area contributed by atoms with Crippen molar-refractivity contribution in [3.8, 4) is 0 Å². The molecule has 0 unspecified atom stereocenters. The van der Waals surface area contributed by atoms with Gasteiger partial charge < -0.3 is 10.6 Å². The number of alkyl halides is 1. The summed E-state index contributed by atoms with van der Waals surface area (Å²) >= 11 is 11.3. The second kappa shape index (κ2) is 8.47. The fourth-order valence-electron chi connectivity index (χ4n) is 1.98. The van der Waals surface area contributed by atoms with Gasteiger partial charge in [-0.25, -0.2) is 0 Å². The summed E-state index contributed by atoms with van der Waals surface area (Å²) in [4.78, 5) is 35.6. The van der Waals surface area contributed by atoms with E-state index < -0.39 is 11.8 Å². The fourth-order valence-corrected chi connectivity index (χ4v) is 2.25. The van der Waals surface area contributed by atoms with E-state index >= 15 is 0 Å². The molecule has 2 aromatic carbocycles.